The second kappa shape index (κ2) is 30.4. The molecule has 2 saturated heterocycles. The fourth-order valence-electron chi connectivity index (χ4n) is 5.89. The summed E-state index contributed by atoms with van der Waals surface area (Å²) in [6.07, 6.45) is 19.0. The third kappa shape index (κ3) is 21.7. The molecule has 2 aliphatic rings. The van der Waals surface area contributed by atoms with E-state index in [1.54, 1.807) is 24.9 Å². The van der Waals surface area contributed by atoms with E-state index in [1.807, 2.05) is 44.2 Å². The van der Waals surface area contributed by atoms with Gasteiger partial charge in [-0.25, -0.2) is 4.79 Å². The van der Waals surface area contributed by atoms with Gasteiger partial charge >= 0.3 is 5.97 Å². The van der Waals surface area contributed by atoms with Gasteiger partial charge in [-0.05, 0) is 64.2 Å². The Morgan fingerprint density at radius 1 is 0.902 bits per heavy atom. The first-order chi connectivity index (χ1) is 24.5. The molecule has 0 aliphatic carbocycles. The Bertz CT molecular complexity index is 1080. The van der Waals surface area contributed by atoms with Gasteiger partial charge in [-0.2, -0.15) is 0 Å². The third-order valence-electron chi connectivity index (χ3n) is 8.91. The van der Waals surface area contributed by atoms with Crippen LogP contribution in [0.15, 0.2) is 42.0 Å². The molecule has 0 aromatic heterocycles. The fraction of sp³-hybridized carbons (Fsp3) is 0.714. The maximum absolute atomic E-state index is 13.1. The van der Waals surface area contributed by atoms with E-state index in [9.17, 15) is 19.2 Å². The van der Waals surface area contributed by atoms with Crippen molar-refractivity contribution in [2.24, 2.45) is 5.92 Å². The monoisotopic (exact) mass is 715 g/mol. The van der Waals surface area contributed by atoms with Crippen LogP contribution < -0.4 is 5.32 Å². The highest BCUT2D eigenvalue weighted by Gasteiger charge is 2.36. The Morgan fingerprint density at radius 2 is 1.47 bits per heavy atom. The van der Waals surface area contributed by atoms with Gasteiger partial charge in [0.25, 0.3) is 0 Å². The lowest BCUT2D eigenvalue weighted by Crippen LogP contribution is -2.44. The molecule has 9 nitrogen and oxygen atoms in total. The molecular formula is C42H74N4O5. The quantitative estimate of drug-likeness (QED) is 0.0803. The zero-order chi connectivity index (χ0) is 38.4. The van der Waals surface area contributed by atoms with Crippen LogP contribution in [0.3, 0.4) is 0 Å². The topological polar surface area (TPSA) is 99.3 Å². The molecule has 2 aliphatic heterocycles. The molecule has 0 unspecified atom stereocenters. The summed E-state index contributed by atoms with van der Waals surface area (Å²) < 4.78 is 5.46. The summed E-state index contributed by atoms with van der Waals surface area (Å²) in [7, 11) is 3.84. The average Bonchev–Trinajstić information content (AvgIpc) is 3.63. The second-order valence-corrected chi connectivity index (χ2v) is 14.2. The first-order valence-corrected chi connectivity index (χ1v) is 19.8. The first-order valence-electron chi connectivity index (χ1n) is 19.8. The zero-order valence-corrected chi connectivity index (χ0v) is 33.9. The Labute approximate surface area is 311 Å². The zero-order valence-electron chi connectivity index (χ0n) is 33.9. The van der Waals surface area contributed by atoms with E-state index in [1.165, 1.54) is 88.6 Å². The molecule has 51 heavy (non-hydrogen) atoms. The van der Waals surface area contributed by atoms with E-state index in [-0.39, 0.29) is 36.9 Å². The molecule has 0 radical (unpaired) electrons. The number of hydrogen-bond donors (Lipinski definition) is 1. The highest BCUT2D eigenvalue weighted by molar-refractivity contribution is 5.96. The van der Waals surface area contributed by atoms with Gasteiger partial charge in [0.05, 0.1) is 12.6 Å². The molecule has 1 N–H and O–H groups in total. The summed E-state index contributed by atoms with van der Waals surface area (Å²) in [6, 6.07) is 8.48. The van der Waals surface area contributed by atoms with Crippen molar-refractivity contribution in [3.63, 3.8) is 0 Å². The number of piperidine rings is 1. The van der Waals surface area contributed by atoms with Gasteiger partial charge in [0.2, 0.25) is 18.2 Å². The molecule has 9 heteroatoms. The van der Waals surface area contributed by atoms with Crippen molar-refractivity contribution in [2.45, 2.75) is 151 Å². The number of benzene rings is 1. The Balaban J connectivity index is 0.00000106. The van der Waals surface area contributed by atoms with Gasteiger partial charge in [0.15, 0.2) is 0 Å². The largest absolute Gasteiger partial charge is 0.459 e. The van der Waals surface area contributed by atoms with Crippen LogP contribution in [0.5, 0.6) is 0 Å². The summed E-state index contributed by atoms with van der Waals surface area (Å²) in [4.78, 5) is 54.1. The summed E-state index contributed by atoms with van der Waals surface area (Å²) in [5.74, 6) is -0.842. The van der Waals surface area contributed by atoms with Gasteiger partial charge in [-0.1, -0.05) is 136 Å². The number of hydrogen-bond acceptors (Lipinski definition) is 6. The standard InChI is InChI=1S/C24H33N3O5.C9H20.C6H13N.C3H8/c1-17(2)21(26(4)22(29)14-25-16-28)13-18(3)23(30)27-12-8-11-20(27)24(31)32-15-19-9-6-5-7-10-19;1-3-5-7-9-8-6-4-2;1-7-5-3-2-4-6-7;1-3-2/h5-7,9-10,13,16-17,20-21H,8,11-12,14-15H2,1-4H3,(H,25,28);3-9H2,1-2H3;2-6H2,1H3;3H2,1-2H3/b18-13+;;;/t20-,21+;;;/m0.../s1. The maximum atomic E-state index is 13.1. The molecule has 0 spiro atoms. The van der Waals surface area contributed by atoms with Gasteiger partial charge in [-0.3, -0.25) is 14.4 Å². The number of nitrogens with zero attached hydrogens (tertiary/aromatic N) is 3. The Hall–Kier alpha value is -3.20. The lowest BCUT2D eigenvalue weighted by molar-refractivity contribution is -0.153. The van der Waals surface area contributed by atoms with Crippen LogP contribution in [-0.4, -0.2) is 91.3 Å². The smallest absolute Gasteiger partial charge is 0.329 e. The summed E-state index contributed by atoms with van der Waals surface area (Å²) >= 11 is 0. The highest BCUT2D eigenvalue weighted by atomic mass is 16.5. The lowest BCUT2D eigenvalue weighted by Gasteiger charge is -2.30. The van der Waals surface area contributed by atoms with Crippen LogP contribution in [0.1, 0.15) is 138 Å². The number of ether oxygens (including phenoxy) is 1. The number of rotatable bonds is 16. The van der Waals surface area contributed by atoms with Crippen LogP contribution in [0.4, 0.5) is 0 Å². The van der Waals surface area contributed by atoms with Gasteiger partial charge in [-0.15, -0.1) is 0 Å². The number of likely N-dealkylation sites (N-methyl/N-ethyl adjacent to an activating group) is 1. The van der Waals surface area contributed by atoms with Crippen molar-refractivity contribution in [1.29, 1.82) is 0 Å². The lowest BCUT2D eigenvalue weighted by atomic mass is 9.99. The van der Waals surface area contributed by atoms with E-state index in [0.29, 0.717) is 24.9 Å². The molecule has 292 valence electrons. The first kappa shape index (κ1) is 47.8. The molecule has 0 saturated carbocycles. The average molecular weight is 715 g/mol. The van der Waals surface area contributed by atoms with Crippen LogP contribution in [0.25, 0.3) is 0 Å². The number of carbonyl (C=O) groups excluding carboxylic acids is 4. The van der Waals surface area contributed by atoms with E-state index < -0.39 is 12.0 Å². The molecular weight excluding hydrogens is 640 g/mol. The number of likely N-dealkylation sites (tertiary alicyclic amines) is 2. The molecule has 3 amide bonds. The molecule has 2 heterocycles. The fourth-order valence-corrected chi connectivity index (χ4v) is 5.89. The minimum absolute atomic E-state index is 0.0492. The van der Waals surface area contributed by atoms with Gasteiger partial charge in [0.1, 0.15) is 12.6 Å². The number of unbranched alkanes of at least 4 members (excludes halogenated alkanes) is 6. The van der Waals surface area contributed by atoms with Crippen molar-refractivity contribution in [3.8, 4) is 0 Å². The minimum Gasteiger partial charge on any atom is -0.459 e. The number of amides is 3. The Morgan fingerprint density at radius 3 is 1.96 bits per heavy atom. The summed E-state index contributed by atoms with van der Waals surface area (Å²) in [5.41, 5.74) is 1.36. The van der Waals surface area contributed by atoms with Crippen molar-refractivity contribution < 1.29 is 23.9 Å². The molecule has 3 rings (SSSR count). The van der Waals surface area contributed by atoms with Crippen LogP contribution in [-0.2, 0) is 30.5 Å². The molecule has 0 bridgehead atoms. The highest BCUT2D eigenvalue weighted by Crippen LogP contribution is 2.23. The van der Waals surface area contributed by atoms with Gasteiger partial charge in [0, 0.05) is 19.2 Å². The van der Waals surface area contributed by atoms with E-state index in [2.05, 4.69) is 45.0 Å². The molecule has 1 aromatic rings. The van der Waals surface area contributed by atoms with Crippen LogP contribution >= 0.6 is 0 Å². The van der Waals surface area contributed by atoms with Crippen LogP contribution in [0, 0.1) is 5.92 Å². The number of carbonyl (C=O) groups is 4. The van der Waals surface area contributed by atoms with E-state index in [4.69, 9.17) is 4.74 Å². The number of esters is 1. The normalized spacial score (nSPS) is 16.3. The van der Waals surface area contributed by atoms with Crippen molar-refractivity contribution >= 4 is 24.2 Å². The SMILES string of the molecule is C/C(=C\[C@H](C(C)C)N(C)C(=O)CNC=O)C(=O)N1CCC[C@H]1C(=O)OCc1ccccc1.CCC.CCCCCCCCC.CN1CCCCC1. The molecule has 2 atom stereocenters. The summed E-state index contributed by atoms with van der Waals surface area (Å²) in [6.45, 7) is 17.6. The molecule has 1 aromatic carbocycles. The minimum atomic E-state index is -0.608. The van der Waals surface area contributed by atoms with E-state index in [0.717, 1.165) is 12.0 Å². The number of nitrogens with one attached hydrogen (secondary N) is 1. The second-order valence-electron chi connectivity index (χ2n) is 14.2. The van der Waals surface area contributed by atoms with Gasteiger partial charge < -0.3 is 24.8 Å². The predicted octanol–water partition coefficient (Wildman–Crippen LogP) is 8.17. The van der Waals surface area contributed by atoms with Crippen molar-refractivity contribution in [3.05, 3.63) is 47.5 Å². The van der Waals surface area contributed by atoms with Crippen LogP contribution in [0.2, 0.25) is 0 Å². The third-order valence-corrected chi connectivity index (χ3v) is 8.91. The summed E-state index contributed by atoms with van der Waals surface area (Å²) in [5, 5.41) is 2.37. The Kier molecular flexibility index (Phi) is 28.5. The van der Waals surface area contributed by atoms with E-state index >= 15 is 0 Å². The van der Waals surface area contributed by atoms with Crippen molar-refractivity contribution in [2.75, 3.05) is 40.3 Å². The van der Waals surface area contributed by atoms with Crippen molar-refractivity contribution in [1.82, 2.24) is 20.0 Å². The maximum Gasteiger partial charge on any atom is 0.329 e. The molecule has 2 fully saturated rings. The predicted molar refractivity (Wildman–Crippen MR) is 211 cm³/mol.